The number of anilines is 1. The quantitative estimate of drug-likeness (QED) is 0.592. The summed E-state index contributed by atoms with van der Waals surface area (Å²) in [5.74, 6) is 0.314. The number of hydrogen-bond donors (Lipinski definition) is 0. The van der Waals surface area contributed by atoms with Crippen LogP contribution in [0.3, 0.4) is 0 Å². The van der Waals surface area contributed by atoms with Gasteiger partial charge in [-0.3, -0.25) is 4.79 Å². The number of hydrogen-bond acceptors (Lipinski definition) is 2. The highest BCUT2D eigenvalue weighted by Gasteiger charge is 2.26. The summed E-state index contributed by atoms with van der Waals surface area (Å²) in [5.41, 5.74) is 3.06. The van der Waals surface area contributed by atoms with Crippen LogP contribution in [0, 0.1) is 6.92 Å². The maximum Gasteiger partial charge on any atom is 0.242 e. The first kappa shape index (κ1) is 16.6. The third-order valence-electron chi connectivity index (χ3n) is 3.44. The summed E-state index contributed by atoms with van der Waals surface area (Å²) in [6.45, 7) is 9.81. The summed E-state index contributed by atoms with van der Waals surface area (Å²) in [5, 5.41) is 0. The molecule has 0 bridgehead atoms. The normalized spacial score (nSPS) is 11.8. The summed E-state index contributed by atoms with van der Waals surface area (Å²) in [7, 11) is 1.56. The van der Waals surface area contributed by atoms with Gasteiger partial charge in [-0.25, -0.2) is 0 Å². The maximum absolute atomic E-state index is 12.3. The Hall–Kier alpha value is -1.48. The molecule has 0 fully saturated rings. The number of rotatable bonds is 6. The van der Waals surface area contributed by atoms with Crippen LogP contribution < -0.4 is 4.90 Å². The predicted octanol–water partition coefficient (Wildman–Crippen LogP) is 3.68. The molecule has 1 aromatic carbocycles. The maximum atomic E-state index is 12.3. The zero-order valence-corrected chi connectivity index (χ0v) is 13.3. The largest absolute Gasteiger partial charge is 0.500 e. The number of aryl methyl sites for hydroxylation is 2. The van der Waals surface area contributed by atoms with E-state index in [0.29, 0.717) is 5.76 Å². The van der Waals surface area contributed by atoms with Crippen molar-refractivity contribution >= 4 is 23.2 Å². The van der Waals surface area contributed by atoms with E-state index in [4.69, 9.17) is 16.3 Å². The zero-order valence-electron chi connectivity index (χ0n) is 12.6. The molecule has 0 saturated heterocycles. The number of halogens is 1. The molecule has 1 unspecified atom stereocenters. The molecule has 0 saturated carbocycles. The van der Waals surface area contributed by atoms with Gasteiger partial charge in [-0.05, 0) is 31.4 Å². The highest BCUT2D eigenvalue weighted by molar-refractivity contribution is 6.29. The first-order valence-electron chi connectivity index (χ1n) is 6.67. The van der Waals surface area contributed by atoms with Crippen molar-refractivity contribution in [3.05, 3.63) is 41.7 Å². The summed E-state index contributed by atoms with van der Waals surface area (Å²) < 4.78 is 5.19. The molecule has 0 aliphatic carbocycles. The summed E-state index contributed by atoms with van der Waals surface area (Å²) >= 11 is 5.77. The summed E-state index contributed by atoms with van der Waals surface area (Å²) in [6, 6.07) is 5.75. The lowest BCUT2D eigenvalue weighted by Crippen LogP contribution is -2.42. The molecule has 0 aliphatic rings. The molecule has 3 nitrogen and oxygen atoms in total. The van der Waals surface area contributed by atoms with Gasteiger partial charge in [-0.1, -0.05) is 31.7 Å². The third-order valence-corrected chi connectivity index (χ3v) is 3.67. The number of benzene rings is 1. The molecule has 4 heteroatoms. The minimum Gasteiger partial charge on any atom is -0.500 e. The van der Waals surface area contributed by atoms with E-state index in [0.717, 1.165) is 23.2 Å². The number of alkyl halides is 1. The average molecular weight is 296 g/mol. The number of ether oxygens (including phenoxy) is 1. The van der Waals surface area contributed by atoms with Crippen molar-refractivity contribution in [3.63, 3.8) is 0 Å². The van der Waals surface area contributed by atoms with Crippen LogP contribution in [-0.4, -0.2) is 24.9 Å². The summed E-state index contributed by atoms with van der Waals surface area (Å²) in [6.07, 6.45) is 0.843. The van der Waals surface area contributed by atoms with Gasteiger partial charge in [0.2, 0.25) is 5.91 Å². The lowest BCUT2D eigenvalue weighted by Gasteiger charge is -2.32. The van der Waals surface area contributed by atoms with Crippen molar-refractivity contribution in [1.29, 1.82) is 0 Å². The SMILES string of the molecule is C=C(OC)C(C)N(C(=O)CCl)c1c(C)cccc1CC. The lowest BCUT2D eigenvalue weighted by atomic mass is 10.0. The van der Waals surface area contributed by atoms with Crippen LogP contribution >= 0.6 is 11.6 Å². The van der Waals surface area contributed by atoms with Crippen LogP contribution in [-0.2, 0) is 16.0 Å². The fourth-order valence-electron chi connectivity index (χ4n) is 2.26. The Balaban J connectivity index is 3.38. The number of carbonyl (C=O) groups is 1. The number of para-hydroxylation sites is 1. The Kier molecular flexibility index (Phi) is 6.08. The van der Waals surface area contributed by atoms with E-state index in [1.807, 2.05) is 32.0 Å². The van der Waals surface area contributed by atoms with E-state index in [-0.39, 0.29) is 17.8 Å². The van der Waals surface area contributed by atoms with Crippen molar-refractivity contribution in [2.45, 2.75) is 33.2 Å². The van der Waals surface area contributed by atoms with Gasteiger partial charge in [0.15, 0.2) is 0 Å². The molecule has 1 aromatic rings. The Morgan fingerprint density at radius 2 is 2.15 bits per heavy atom. The standard InChI is InChI=1S/C16H22ClNO2/c1-6-14-9-7-8-11(2)16(14)18(15(19)10-17)12(3)13(4)20-5/h7-9,12H,4,6,10H2,1-3,5H3. The van der Waals surface area contributed by atoms with E-state index in [1.54, 1.807) is 12.0 Å². The molecule has 0 N–H and O–H groups in total. The molecule has 110 valence electrons. The number of methoxy groups -OCH3 is 1. The van der Waals surface area contributed by atoms with Gasteiger partial charge in [-0.2, -0.15) is 0 Å². The van der Waals surface area contributed by atoms with Gasteiger partial charge < -0.3 is 9.64 Å². The molecule has 1 atom stereocenters. The van der Waals surface area contributed by atoms with E-state index in [2.05, 4.69) is 13.5 Å². The van der Waals surface area contributed by atoms with Gasteiger partial charge in [-0.15, -0.1) is 11.6 Å². The Labute approximate surface area is 126 Å². The fourth-order valence-corrected chi connectivity index (χ4v) is 2.39. The van der Waals surface area contributed by atoms with E-state index in [9.17, 15) is 4.79 Å². The third kappa shape index (κ3) is 3.34. The second-order valence-electron chi connectivity index (χ2n) is 4.68. The lowest BCUT2D eigenvalue weighted by molar-refractivity contribution is -0.116. The van der Waals surface area contributed by atoms with Crippen LogP contribution in [0.25, 0.3) is 0 Å². The van der Waals surface area contributed by atoms with E-state index >= 15 is 0 Å². The predicted molar refractivity (Wildman–Crippen MR) is 84.4 cm³/mol. The highest BCUT2D eigenvalue weighted by Crippen LogP contribution is 2.29. The van der Waals surface area contributed by atoms with Crippen LogP contribution in [0.1, 0.15) is 25.0 Å². The second-order valence-corrected chi connectivity index (χ2v) is 4.95. The topological polar surface area (TPSA) is 29.5 Å². The molecule has 0 spiro atoms. The van der Waals surface area contributed by atoms with Crippen molar-refractivity contribution in [2.24, 2.45) is 0 Å². The Morgan fingerprint density at radius 1 is 1.50 bits per heavy atom. The Morgan fingerprint density at radius 3 is 2.65 bits per heavy atom. The molecule has 1 rings (SSSR count). The highest BCUT2D eigenvalue weighted by atomic mass is 35.5. The monoisotopic (exact) mass is 295 g/mol. The first-order chi connectivity index (χ1) is 9.47. The molecule has 0 radical (unpaired) electrons. The average Bonchev–Trinajstić information content (AvgIpc) is 2.47. The Bertz CT molecular complexity index is 499. The van der Waals surface area contributed by atoms with E-state index in [1.165, 1.54) is 0 Å². The van der Waals surface area contributed by atoms with Gasteiger partial charge in [0.05, 0.1) is 18.8 Å². The van der Waals surface area contributed by atoms with Crippen molar-refractivity contribution in [1.82, 2.24) is 0 Å². The van der Waals surface area contributed by atoms with Crippen molar-refractivity contribution in [2.75, 3.05) is 17.9 Å². The minimum absolute atomic E-state index is 0.0706. The van der Waals surface area contributed by atoms with Gasteiger partial charge in [0.1, 0.15) is 11.6 Å². The first-order valence-corrected chi connectivity index (χ1v) is 7.20. The minimum atomic E-state index is -0.266. The molecule has 0 aromatic heterocycles. The molecule has 20 heavy (non-hydrogen) atoms. The number of nitrogens with zero attached hydrogens (tertiary/aromatic N) is 1. The van der Waals surface area contributed by atoms with Crippen LogP contribution in [0.15, 0.2) is 30.5 Å². The molecular formula is C16H22ClNO2. The molecule has 0 heterocycles. The molecule has 0 aliphatic heterocycles. The van der Waals surface area contributed by atoms with Gasteiger partial charge in [0, 0.05) is 0 Å². The number of amides is 1. The zero-order chi connectivity index (χ0) is 15.3. The number of carbonyl (C=O) groups excluding carboxylic acids is 1. The fraction of sp³-hybridized carbons (Fsp3) is 0.438. The smallest absolute Gasteiger partial charge is 0.242 e. The van der Waals surface area contributed by atoms with Crippen LogP contribution in [0.5, 0.6) is 0 Å². The van der Waals surface area contributed by atoms with Gasteiger partial charge >= 0.3 is 0 Å². The van der Waals surface area contributed by atoms with Gasteiger partial charge in [0.25, 0.3) is 0 Å². The summed E-state index contributed by atoms with van der Waals surface area (Å²) in [4.78, 5) is 14.0. The molecular weight excluding hydrogens is 274 g/mol. The van der Waals surface area contributed by atoms with Crippen molar-refractivity contribution < 1.29 is 9.53 Å². The van der Waals surface area contributed by atoms with Crippen LogP contribution in [0.4, 0.5) is 5.69 Å². The molecule has 1 amide bonds. The second kappa shape index (κ2) is 7.34. The van der Waals surface area contributed by atoms with Crippen molar-refractivity contribution in [3.8, 4) is 0 Å². The van der Waals surface area contributed by atoms with Crippen LogP contribution in [0.2, 0.25) is 0 Å². The van der Waals surface area contributed by atoms with E-state index < -0.39 is 0 Å².